The predicted molar refractivity (Wildman–Crippen MR) is 42.5 cm³/mol. The molecule has 11 heavy (non-hydrogen) atoms. The van der Waals surface area contributed by atoms with Gasteiger partial charge in [0.1, 0.15) is 0 Å². The average molecular weight is 171 g/mol. The molecule has 0 aliphatic heterocycles. The minimum atomic E-state index is 0.139. The third-order valence-corrected chi connectivity index (χ3v) is 1.71. The average Bonchev–Trinajstić information content (AvgIpc) is 2.40. The van der Waals surface area contributed by atoms with Crippen LogP contribution in [0, 0.1) is 0 Å². The Kier molecular flexibility index (Phi) is 3.13. The summed E-state index contributed by atoms with van der Waals surface area (Å²) < 4.78 is 3.65. The second kappa shape index (κ2) is 4.15. The molecule has 5 heteroatoms. The van der Waals surface area contributed by atoms with Crippen LogP contribution in [0.25, 0.3) is 0 Å². The van der Waals surface area contributed by atoms with E-state index in [1.807, 2.05) is 0 Å². The van der Waals surface area contributed by atoms with Crippen molar-refractivity contribution in [3.8, 4) is 0 Å². The standard InChI is InChI=1S/C6H9N3OS/c1-7-3-6(10)2-5-4-11-9-8-5/h4,7H,2-3H2,1H3. The quantitative estimate of drug-likeness (QED) is 0.685. The summed E-state index contributed by atoms with van der Waals surface area (Å²) in [6, 6.07) is 0. The molecule has 0 saturated carbocycles. The van der Waals surface area contributed by atoms with Gasteiger partial charge in [-0.3, -0.25) is 4.79 Å². The summed E-state index contributed by atoms with van der Waals surface area (Å²) in [5, 5.41) is 8.33. The molecular weight excluding hydrogens is 162 g/mol. The molecule has 0 amide bonds. The van der Waals surface area contributed by atoms with E-state index in [1.165, 1.54) is 11.5 Å². The minimum Gasteiger partial charge on any atom is -0.313 e. The maximum atomic E-state index is 11.0. The van der Waals surface area contributed by atoms with Crippen LogP contribution in [0.4, 0.5) is 0 Å². The van der Waals surface area contributed by atoms with Gasteiger partial charge in [-0.1, -0.05) is 4.49 Å². The Balaban J connectivity index is 2.37. The van der Waals surface area contributed by atoms with E-state index in [0.717, 1.165) is 5.69 Å². The van der Waals surface area contributed by atoms with Gasteiger partial charge in [-0.05, 0) is 18.6 Å². The molecule has 1 rings (SSSR count). The van der Waals surface area contributed by atoms with Crippen molar-refractivity contribution in [3.05, 3.63) is 11.1 Å². The third kappa shape index (κ3) is 2.73. The number of ketones is 1. The highest BCUT2D eigenvalue weighted by Gasteiger charge is 2.03. The highest BCUT2D eigenvalue weighted by molar-refractivity contribution is 7.03. The smallest absolute Gasteiger partial charge is 0.152 e. The molecule has 1 aromatic rings. The van der Waals surface area contributed by atoms with Gasteiger partial charge < -0.3 is 5.32 Å². The van der Waals surface area contributed by atoms with Gasteiger partial charge in [0, 0.05) is 5.38 Å². The molecular formula is C6H9N3OS. The number of Topliss-reactive ketones (excluding diaryl/α,β-unsaturated/α-hetero) is 1. The molecule has 1 N–H and O–H groups in total. The number of hydrogen-bond acceptors (Lipinski definition) is 5. The Hall–Kier alpha value is -0.810. The van der Waals surface area contributed by atoms with Gasteiger partial charge in [-0.15, -0.1) is 5.10 Å². The molecule has 0 bridgehead atoms. The number of carbonyl (C=O) groups excluding carboxylic acids is 1. The van der Waals surface area contributed by atoms with Crippen molar-refractivity contribution in [2.24, 2.45) is 0 Å². The summed E-state index contributed by atoms with van der Waals surface area (Å²) in [6.07, 6.45) is 0.386. The van der Waals surface area contributed by atoms with E-state index in [2.05, 4.69) is 14.9 Å². The molecule has 0 fully saturated rings. The molecule has 0 radical (unpaired) electrons. The van der Waals surface area contributed by atoms with E-state index in [4.69, 9.17) is 0 Å². The molecule has 1 aromatic heterocycles. The third-order valence-electron chi connectivity index (χ3n) is 1.16. The summed E-state index contributed by atoms with van der Waals surface area (Å²) in [5.41, 5.74) is 0.759. The zero-order chi connectivity index (χ0) is 8.10. The highest BCUT2D eigenvalue weighted by Crippen LogP contribution is 1.97. The lowest BCUT2D eigenvalue weighted by molar-refractivity contribution is -0.117. The number of nitrogens with one attached hydrogen (secondary N) is 1. The normalized spacial score (nSPS) is 9.91. The Labute approximate surface area is 68.8 Å². The largest absolute Gasteiger partial charge is 0.313 e. The molecule has 1 heterocycles. The molecule has 0 atom stereocenters. The van der Waals surface area contributed by atoms with Crippen LogP contribution >= 0.6 is 11.5 Å². The summed E-state index contributed by atoms with van der Waals surface area (Å²) in [4.78, 5) is 11.0. The fourth-order valence-electron chi connectivity index (χ4n) is 0.723. The van der Waals surface area contributed by atoms with Gasteiger partial charge in [0.2, 0.25) is 0 Å². The topological polar surface area (TPSA) is 54.9 Å². The Morgan fingerprint density at radius 3 is 3.18 bits per heavy atom. The van der Waals surface area contributed by atoms with Crippen molar-refractivity contribution < 1.29 is 4.79 Å². The molecule has 60 valence electrons. The maximum absolute atomic E-state index is 11.0. The van der Waals surface area contributed by atoms with Crippen molar-refractivity contribution in [3.63, 3.8) is 0 Å². The number of hydrogen-bond donors (Lipinski definition) is 1. The van der Waals surface area contributed by atoms with Gasteiger partial charge >= 0.3 is 0 Å². The Bertz CT molecular complexity index is 222. The van der Waals surface area contributed by atoms with E-state index in [1.54, 1.807) is 12.4 Å². The van der Waals surface area contributed by atoms with E-state index in [-0.39, 0.29) is 5.78 Å². The van der Waals surface area contributed by atoms with Crippen molar-refractivity contribution in [2.75, 3.05) is 13.6 Å². The van der Waals surface area contributed by atoms with Crippen LogP contribution in [0.1, 0.15) is 5.69 Å². The maximum Gasteiger partial charge on any atom is 0.152 e. The molecule has 0 saturated heterocycles. The number of carbonyl (C=O) groups is 1. The second-order valence-corrected chi connectivity index (χ2v) is 2.75. The summed E-state index contributed by atoms with van der Waals surface area (Å²) in [6.45, 7) is 0.400. The van der Waals surface area contributed by atoms with Crippen molar-refractivity contribution in [1.82, 2.24) is 14.9 Å². The van der Waals surface area contributed by atoms with Crippen LogP contribution in [0.3, 0.4) is 0 Å². The summed E-state index contributed by atoms with van der Waals surface area (Å²) >= 11 is 1.27. The van der Waals surface area contributed by atoms with Gasteiger partial charge in [-0.25, -0.2) is 0 Å². The van der Waals surface area contributed by atoms with Gasteiger partial charge in [0.15, 0.2) is 5.78 Å². The van der Waals surface area contributed by atoms with E-state index < -0.39 is 0 Å². The zero-order valence-electron chi connectivity index (χ0n) is 6.20. The second-order valence-electron chi connectivity index (χ2n) is 2.14. The van der Waals surface area contributed by atoms with Crippen LogP contribution in [0.2, 0.25) is 0 Å². The van der Waals surface area contributed by atoms with E-state index >= 15 is 0 Å². The molecule has 0 aliphatic rings. The Morgan fingerprint density at radius 2 is 2.64 bits per heavy atom. The monoisotopic (exact) mass is 171 g/mol. The first-order valence-corrected chi connectivity index (χ1v) is 4.09. The highest BCUT2D eigenvalue weighted by atomic mass is 32.1. The fourth-order valence-corrected chi connectivity index (χ4v) is 1.17. The van der Waals surface area contributed by atoms with Crippen LogP contribution in [-0.2, 0) is 11.2 Å². The molecule has 0 spiro atoms. The summed E-state index contributed by atoms with van der Waals surface area (Å²) in [7, 11) is 1.75. The Morgan fingerprint density at radius 1 is 1.82 bits per heavy atom. The van der Waals surface area contributed by atoms with Crippen molar-refractivity contribution in [2.45, 2.75) is 6.42 Å². The van der Waals surface area contributed by atoms with Gasteiger partial charge in [-0.2, -0.15) is 0 Å². The number of rotatable bonds is 4. The van der Waals surface area contributed by atoms with Crippen LogP contribution in [0.15, 0.2) is 5.38 Å². The summed E-state index contributed by atoms with van der Waals surface area (Å²) in [5.74, 6) is 0.139. The lowest BCUT2D eigenvalue weighted by Gasteiger charge is -1.94. The van der Waals surface area contributed by atoms with Gasteiger partial charge in [0.05, 0.1) is 18.7 Å². The van der Waals surface area contributed by atoms with Crippen LogP contribution in [0.5, 0.6) is 0 Å². The lowest BCUT2D eigenvalue weighted by atomic mass is 10.2. The molecule has 0 unspecified atom stereocenters. The fraction of sp³-hybridized carbons (Fsp3) is 0.500. The molecule has 0 aromatic carbocycles. The van der Waals surface area contributed by atoms with Crippen LogP contribution in [-0.4, -0.2) is 29.0 Å². The first-order chi connectivity index (χ1) is 5.33. The SMILES string of the molecule is CNCC(=O)Cc1csnn1. The lowest BCUT2D eigenvalue weighted by Crippen LogP contribution is -2.20. The van der Waals surface area contributed by atoms with Crippen molar-refractivity contribution in [1.29, 1.82) is 0 Å². The zero-order valence-corrected chi connectivity index (χ0v) is 7.02. The molecule has 0 aliphatic carbocycles. The number of aromatic nitrogens is 2. The number of likely N-dealkylation sites (N-methyl/N-ethyl adjacent to an activating group) is 1. The number of nitrogens with zero attached hydrogens (tertiary/aromatic N) is 2. The predicted octanol–water partition coefficient (Wildman–Crippen LogP) is -0.131. The first kappa shape index (κ1) is 8.29. The minimum absolute atomic E-state index is 0.139. The van der Waals surface area contributed by atoms with E-state index in [0.29, 0.717) is 13.0 Å². The first-order valence-electron chi connectivity index (χ1n) is 3.25. The molecule has 4 nitrogen and oxygen atoms in total. The van der Waals surface area contributed by atoms with Crippen molar-refractivity contribution >= 4 is 17.3 Å². The van der Waals surface area contributed by atoms with Gasteiger partial charge in [0.25, 0.3) is 0 Å². The van der Waals surface area contributed by atoms with E-state index in [9.17, 15) is 4.79 Å². The van der Waals surface area contributed by atoms with Crippen LogP contribution < -0.4 is 5.32 Å².